The average molecular weight is 494 g/mol. The number of hydrogen-bond acceptors (Lipinski definition) is 6. The zero-order chi connectivity index (χ0) is 24.7. The van der Waals surface area contributed by atoms with Gasteiger partial charge in [-0.3, -0.25) is 4.90 Å². The van der Waals surface area contributed by atoms with Crippen LogP contribution in [0.5, 0.6) is 5.75 Å². The van der Waals surface area contributed by atoms with Gasteiger partial charge in [0.15, 0.2) is 0 Å². The van der Waals surface area contributed by atoms with E-state index in [1.807, 2.05) is 12.1 Å². The van der Waals surface area contributed by atoms with Gasteiger partial charge in [0.1, 0.15) is 18.2 Å². The molecule has 0 radical (unpaired) electrons. The summed E-state index contributed by atoms with van der Waals surface area (Å²) in [5.74, 6) is 0.962. The zero-order valence-corrected chi connectivity index (χ0v) is 19.4. The molecule has 2 amide bonds. The second kappa shape index (κ2) is 11.6. The molecule has 3 N–H and O–H groups in total. The van der Waals surface area contributed by atoms with Crippen molar-refractivity contribution in [1.29, 1.82) is 0 Å². The van der Waals surface area contributed by atoms with Crippen LogP contribution >= 0.6 is 0 Å². The van der Waals surface area contributed by atoms with Gasteiger partial charge >= 0.3 is 12.2 Å². The first-order valence-corrected chi connectivity index (χ1v) is 11.8. The normalized spacial score (nSPS) is 16.2. The highest BCUT2D eigenvalue weighted by molar-refractivity contribution is 5.90. The first-order valence-electron chi connectivity index (χ1n) is 11.8. The van der Waals surface area contributed by atoms with Crippen LogP contribution in [-0.2, 0) is 23.8 Å². The standard InChI is InChI=1S/C24H30F3N5O3/c25-24(26,27)20-16-19(35-15-12-32-10-13-34-14-11-32)5-6-21(20)31-23(33)29-9-7-18-4-3-17-2-1-8-28-22(17)30-18/h3-6,16H,1-2,7-15H2,(H,28,30)(H2,29,31,33). The van der Waals surface area contributed by atoms with E-state index in [4.69, 9.17) is 9.47 Å². The van der Waals surface area contributed by atoms with E-state index < -0.39 is 17.8 Å². The third-order valence-electron chi connectivity index (χ3n) is 5.94. The molecule has 3 heterocycles. The van der Waals surface area contributed by atoms with Gasteiger partial charge in [0.05, 0.1) is 24.5 Å². The molecule has 0 bridgehead atoms. The number of amides is 2. The fourth-order valence-electron chi connectivity index (χ4n) is 4.05. The summed E-state index contributed by atoms with van der Waals surface area (Å²) in [6.45, 7) is 4.80. The van der Waals surface area contributed by atoms with E-state index in [-0.39, 0.29) is 24.6 Å². The summed E-state index contributed by atoms with van der Waals surface area (Å²) in [6.07, 6.45) is -2.14. The zero-order valence-electron chi connectivity index (χ0n) is 19.4. The Morgan fingerprint density at radius 1 is 1.20 bits per heavy atom. The SMILES string of the molecule is O=C(NCCc1ccc2c(n1)NCCC2)Nc1ccc(OCCN2CCOCC2)cc1C(F)(F)F. The molecule has 11 heteroatoms. The minimum Gasteiger partial charge on any atom is -0.492 e. The van der Waals surface area contributed by atoms with E-state index in [0.29, 0.717) is 26.2 Å². The number of aromatic nitrogens is 1. The molecule has 0 aliphatic carbocycles. The second-order valence-corrected chi connectivity index (χ2v) is 8.48. The van der Waals surface area contributed by atoms with Crippen molar-refractivity contribution in [2.24, 2.45) is 0 Å². The lowest BCUT2D eigenvalue weighted by Crippen LogP contribution is -2.38. The van der Waals surface area contributed by atoms with Crippen LogP contribution in [0.25, 0.3) is 0 Å². The van der Waals surface area contributed by atoms with Crippen LogP contribution in [0.3, 0.4) is 0 Å². The molecule has 0 unspecified atom stereocenters. The number of anilines is 2. The number of carbonyl (C=O) groups excluding carboxylic acids is 1. The highest BCUT2D eigenvalue weighted by Crippen LogP contribution is 2.37. The van der Waals surface area contributed by atoms with Crippen molar-refractivity contribution in [2.45, 2.75) is 25.4 Å². The van der Waals surface area contributed by atoms with Gasteiger partial charge in [-0.1, -0.05) is 6.07 Å². The molecule has 0 saturated carbocycles. The van der Waals surface area contributed by atoms with E-state index in [9.17, 15) is 18.0 Å². The second-order valence-electron chi connectivity index (χ2n) is 8.48. The highest BCUT2D eigenvalue weighted by atomic mass is 19.4. The summed E-state index contributed by atoms with van der Waals surface area (Å²) in [6, 6.07) is 6.76. The molecular formula is C24H30F3N5O3. The number of benzene rings is 1. The molecule has 1 aromatic heterocycles. The number of rotatable bonds is 8. The van der Waals surface area contributed by atoms with Crippen molar-refractivity contribution in [2.75, 3.05) is 63.2 Å². The molecule has 2 aromatic rings. The summed E-state index contributed by atoms with van der Waals surface area (Å²) in [4.78, 5) is 19.0. The summed E-state index contributed by atoms with van der Waals surface area (Å²) >= 11 is 0. The van der Waals surface area contributed by atoms with Crippen molar-refractivity contribution < 1.29 is 27.4 Å². The van der Waals surface area contributed by atoms with Crippen LogP contribution in [0.1, 0.15) is 23.2 Å². The third-order valence-corrected chi connectivity index (χ3v) is 5.94. The molecule has 35 heavy (non-hydrogen) atoms. The number of morpholine rings is 1. The van der Waals surface area contributed by atoms with Gasteiger partial charge in [0, 0.05) is 44.8 Å². The summed E-state index contributed by atoms with van der Waals surface area (Å²) in [7, 11) is 0. The quantitative estimate of drug-likeness (QED) is 0.522. The minimum absolute atomic E-state index is 0.101. The Kier molecular flexibility index (Phi) is 8.29. The van der Waals surface area contributed by atoms with Crippen molar-refractivity contribution in [3.63, 3.8) is 0 Å². The Bertz CT molecular complexity index is 1010. The number of halogens is 3. The maximum atomic E-state index is 13.6. The number of urea groups is 1. The lowest BCUT2D eigenvalue weighted by molar-refractivity contribution is -0.137. The minimum atomic E-state index is -4.65. The largest absolute Gasteiger partial charge is 0.492 e. The van der Waals surface area contributed by atoms with Gasteiger partial charge in [0.2, 0.25) is 0 Å². The van der Waals surface area contributed by atoms with Crippen molar-refractivity contribution in [3.05, 3.63) is 47.2 Å². The number of hydrogen-bond donors (Lipinski definition) is 3. The Labute approximate surface area is 202 Å². The smallest absolute Gasteiger partial charge is 0.418 e. The number of ether oxygens (including phenoxy) is 2. The van der Waals surface area contributed by atoms with Crippen LogP contribution in [-0.4, -0.2) is 68.5 Å². The summed E-state index contributed by atoms with van der Waals surface area (Å²) < 4.78 is 51.7. The molecule has 1 aromatic carbocycles. The molecule has 8 nitrogen and oxygen atoms in total. The van der Waals surface area contributed by atoms with Crippen molar-refractivity contribution >= 4 is 17.5 Å². The maximum absolute atomic E-state index is 13.6. The highest BCUT2D eigenvalue weighted by Gasteiger charge is 2.34. The number of fused-ring (bicyclic) bond motifs is 1. The lowest BCUT2D eigenvalue weighted by Gasteiger charge is -2.26. The topological polar surface area (TPSA) is 87.8 Å². The van der Waals surface area contributed by atoms with Gasteiger partial charge in [0.25, 0.3) is 0 Å². The molecule has 0 spiro atoms. The number of pyridine rings is 1. The number of aryl methyl sites for hydroxylation is 1. The Morgan fingerprint density at radius 3 is 2.83 bits per heavy atom. The summed E-state index contributed by atoms with van der Waals surface area (Å²) in [5, 5.41) is 8.16. The van der Waals surface area contributed by atoms with Gasteiger partial charge in [-0.15, -0.1) is 0 Å². The lowest BCUT2D eigenvalue weighted by atomic mass is 10.1. The molecule has 2 aliphatic heterocycles. The molecule has 0 atom stereocenters. The summed E-state index contributed by atoms with van der Waals surface area (Å²) in [5.41, 5.74) is 0.678. The molecule has 1 fully saturated rings. The maximum Gasteiger partial charge on any atom is 0.418 e. The molecular weight excluding hydrogens is 463 g/mol. The number of nitrogens with one attached hydrogen (secondary N) is 3. The molecule has 190 valence electrons. The van der Waals surface area contributed by atoms with Gasteiger partial charge in [-0.25, -0.2) is 9.78 Å². The predicted octanol–water partition coefficient (Wildman–Crippen LogP) is 3.53. The average Bonchev–Trinajstić information content (AvgIpc) is 2.85. The van der Waals surface area contributed by atoms with Crippen LogP contribution in [0.15, 0.2) is 30.3 Å². The Hall–Kier alpha value is -3.05. The molecule has 4 rings (SSSR count). The monoisotopic (exact) mass is 493 g/mol. The fourth-order valence-corrected chi connectivity index (χ4v) is 4.05. The van der Waals surface area contributed by atoms with E-state index in [0.717, 1.165) is 50.1 Å². The molecule has 2 aliphatic rings. The first-order chi connectivity index (χ1) is 16.9. The van der Waals surface area contributed by atoms with E-state index >= 15 is 0 Å². The van der Waals surface area contributed by atoms with Crippen LogP contribution in [0, 0.1) is 0 Å². The Morgan fingerprint density at radius 2 is 2.03 bits per heavy atom. The van der Waals surface area contributed by atoms with Gasteiger partial charge < -0.3 is 25.4 Å². The number of alkyl halides is 3. The van der Waals surface area contributed by atoms with Crippen LogP contribution in [0.4, 0.5) is 29.5 Å². The predicted molar refractivity (Wildman–Crippen MR) is 126 cm³/mol. The van der Waals surface area contributed by atoms with Crippen LogP contribution in [0.2, 0.25) is 0 Å². The van der Waals surface area contributed by atoms with Crippen LogP contribution < -0.4 is 20.7 Å². The van der Waals surface area contributed by atoms with Gasteiger partial charge in [-0.05, 0) is 42.7 Å². The number of carbonyl (C=O) groups is 1. The fraction of sp³-hybridized carbons (Fsp3) is 0.500. The number of nitrogens with zero attached hydrogens (tertiary/aromatic N) is 2. The Balaban J connectivity index is 1.29. The van der Waals surface area contributed by atoms with Gasteiger partial charge in [-0.2, -0.15) is 13.2 Å². The van der Waals surface area contributed by atoms with E-state index in [2.05, 4.69) is 25.8 Å². The van der Waals surface area contributed by atoms with Crippen molar-refractivity contribution in [1.82, 2.24) is 15.2 Å². The molecule has 1 saturated heterocycles. The third kappa shape index (κ3) is 7.22. The van der Waals surface area contributed by atoms with Crippen molar-refractivity contribution in [3.8, 4) is 5.75 Å². The van der Waals surface area contributed by atoms with E-state index in [1.165, 1.54) is 17.7 Å². The first kappa shape index (κ1) is 25.1. The van der Waals surface area contributed by atoms with E-state index in [1.54, 1.807) is 0 Å².